The lowest BCUT2D eigenvalue weighted by Crippen LogP contribution is -2.48. The first-order valence-corrected chi connectivity index (χ1v) is 5.48. The van der Waals surface area contributed by atoms with E-state index < -0.39 is 12.1 Å². The van der Waals surface area contributed by atoms with E-state index in [9.17, 15) is 9.59 Å². The van der Waals surface area contributed by atoms with Gasteiger partial charge in [-0.05, 0) is 0 Å². The van der Waals surface area contributed by atoms with Crippen molar-refractivity contribution in [1.82, 2.24) is 10.2 Å². The first-order chi connectivity index (χ1) is 8.13. The van der Waals surface area contributed by atoms with Crippen LogP contribution in [0, 0.1) is 0 Å². The molecule has 0 saturated carbocycles. The van der Waals surface area contributed by atoms with Gasteiger partial charge in [0.2, 0.25) is 0 Å². The minimum atomic E-state index is -0.947. The van der Waals surface area contributed by atoms with E-state index in [4.69, 9.17) is 14.6 Å². The zero-order chi connectivity index (χ0) is 12.7. The molecule has 0 radical (unpaired) electrons. The van der Waals surface area contributed by atoms with Crippen LogP contribution in [-0.4, -0.2) is 68.1 Å². The number of carbonyl (C=O) groups is 2. The second kappa shape index (κ2) is 7.08. The van der Waals surface area contributed by atoms with Crippen molar-refractivity contribution in [3.63, 3.8) is 0 Å². The summed E-state index contributed by atoms with van der Waals surface area (Å²) in [4.78, 5) is 23.8. The zero-order valence-electron chi connectivity index (χ0n) is 9.85. The van der Waals surface area contributed by atoms with Crippen molar-refractivity contribution in [2.75, 3.05) is 40.0 Å². The highest BCUT2D eigenvalue weighted by molar-refractivity contribution is 5.74. The molecule has 0 aromatic heterocycles. The lowest BCUT2D eigenvalue weighted by Gasteiger charge is -2.27. The molecule has 1 unspecified atom stereocenters. The van der Waals surface area contributed by atoms with Gasteiger partial charge in [-0.3, -0.25) is 4.79 Å². The number of nitrogens with zero attached hydrogens (tertiary/aromatic N) is 1. The van der Waals surface area contributed by atoms with Crippen LogP contribution in [0.15, 0.2) is 0 Å². The Balaban J connectivity index is 2.27. The topological polar surface area (TPSA) is 88.1 Å². The number of hydrogen-bond donors (Lipinski definition) is 2. The highest BCUT2D eigenvalue weighted by Gasteiger charge is 2.18. The van der Waals surface area contributed by atoms with Gasteiger partial charge in [-0.1, -0.05) is 0 Å². The highest BCUT2D eigenvalue weighted by Crippen LogP contribution is 1.99. The van der Waals surface area contributed by atoms with Crippen LogP contribution in [0.1, 0.15) is 6.42 Å². The van der Waals surface area contributed by atoms with Crippen molar-refractivity contribution in [1.29, 1.82) is 0 Å². The van der Waals surface area contributed by atoms with Crippen molar-refractivity contribution in [2.24, 2.45) is 0 Å². The van der Waals surface area contributed by atoms with Crippen LogP contribution in [0.2, 0.25) is 0 Å². The van der Waals surface area contributed by atoms with Gasteiger partial charge in [0.1, 0.15) is 0 Å². The van der Waals surface area contributed by atoms with E-state index in [1.54, 1.807) is 4.90 Å². The van der Waals surface area contributed by atoms with Crippen LogP contribution >= 0.6 is 0 Å². The number of hydrogen-bond acceptors (Lipinski definition) is 4. The Morgan fingerprint density at radius 2 is 2.12 bits per heavy atom. The number of carboxylic acids is 1. The largest absolute Gasteiger partial charge is 0.481 e. The molecule has 0 aliphatic carbocycles. The van der Waals surface area contributed by atoms with Crippen LogP contribution in [0.5, 0.6) is 0 Å². The van der Waals surface area contributed by atoms with Crippen LogP contribution in [0.4, 0.5) is 4.79 Å². The van der Waals surface area contributed by atoms with Gasteiger partial charge >= 0.3 is 12.0 Å². The number of morpholine rings is 1. The van der Waals surface area contributed by atoms with Gasteiger partial charge in [-0.25, -0.2) is 4.79 Å². The molecule has 98 valence electrons. The maximum Gasteiger partial charge on any atom is 0.317 e. The number of aliphatic carboxylic acids is 1. The van der Waals surface area contributed by atoms with Crippen molar-refractivity contribution in [2.45, 2.75) is 12.5 Å². The highest BCUT2D eigenvalue weighted by atomic mass is 16.5. The van der Waals surface area contributed by atoms with Crippen LogP contribution < -0.4 is 5.32 Å². The SMILES string of the molecule is COC(CNC(=O)N1CCOCC1)CC(=O)O. The molecule has 0 bridgehead atoms. The van der Waals surface area contributed by atoms with Gasteiger partial charge in [0.05, 0.1) is 25.7 Å². The van der Waals surface area contributed by atoms with Gasteiger partial charge in [-0.2, -0.15) is 0 Å². The lowest BCUT2D eigenvalue weighted by molar-refractivity contribution is -0.139. The molecule has 17 heavy (non-hydrogen) atoms. The zero-order valence-corrected chi connectivity index (χ0v) is 9.85. The average molecular weight is 246 g/mol. The number of ether oxygens (including phenoxy) is 2. The maximum absolute atomic E-state index is 11.7. The fourth-order valence-electron chi connectivity index (χ4n) is 1.51. The predicted octanol–water partition coefficient (Wildman–Crippen LogP) is -0.482. The van der Waals surface area contributed by atoms with Gasteiger partial charge < -0.3 is 24.8 Å². The molecule has 1 atom stereocenters. The average Bonchev–Trinajstić information content (AvgIpc) is 2.34. The molecule has 0 aromatic rings. The van der Waals surface area contributed by atoms with Gasteiger partial charge in [0, 0.05) is 26.7 Å². The quantitative estimate of drug-likeness (QED) is 0.684. The molecule has 0 aromatic carbocycles. The molecule has 1 rings (SSSR count). The van der Waals surface area contributed by atoms with E-state index in [1.807, 2.05) is 0 Å². The van der Waals surface area contributed by atoms with Gasteiger partial charge in [0.15, 0.2) is 0 Å². The molecule has 1 aliphatic rings. The van der Waals surface area contributed by atoms with Crippen molar-refractivity contribution in [3.05, 3.63) is 0 Å². The normalized spacial score (nSPS) is 17.6. The Bertz CT molecular complexity index is 265. The molecule has 1 heterocycles. The first kappa shape index (κ1) is 13.7. The Morgan fingerprint density at radius 1 is 1.47 bits per heavy atom. The molecule has 7 nitrogen and oxygen atoms in total. The molecule has 7 heteroatoms. The number of urea groups is 1. The van der Waals surface area contributed by atoms with Gasteiger partial charge in [-0.15, -0.1) is 0 Å². The fourth-order valence-corrected chi connectivity index (χ4v) is 1.51. The number of amides is 2. The Morgan fingerprint density at radius 3 is 2.65 bits per heavy atom. The Hall–Kier alpha value is -1.34. The third-order valence-electron chi connectivity index (χ3n) is 2.51. The van der Waals surface area contributed by atoms with E-state index >= 15 is 0 Å². The molecule has 1 aliphatic heterocycles. The van der Waals surface area contributed by atoms with E-state index in [-0.39, 0.29) is 19.0 Å². The summed E-state index contributed by atoms with van der Waals surface area (Å²) < 4.78 is 10.1. The number of nitrogens with one attached hydrogen (secondary N) is 1. The number of carbonyl (C=O) groups excluding carboxylic acids is 1. The molecule has 2 N–H and O–H groups in total. The standard InChI is InChI=1S/C10H18N2O5/c1-16-8(6-9(13)14)7-11-10(15)12-2-4-17-5-3-12/h8H,2-7H2,1H3,(H,11,15)(H,13,14). The monoisotopic (exact) mass is 246 g/mol. The summed E-state index contributed by atoms with van der Waals surface area (Å²) >= 11 is 0. The van der Waals surface area contributed by atoms with E-state index in [0.29, 0.717) is 26.3 Å². The number of rotatable bonds is 5. The maximum atomic E-state index is 11.7. The van der Waals surface area contributed by atoms with Crippen LogP contribution in [0.3, 0.4) is 0 Å². The lowest BCUT2D eigenvalue weighted by atomic mass is 10.2. The molecular weight excluding hydrogens is 228 g/mol. The van der Waals surface area contributed by atoms with Crippen molar-refractivity contribution in [3.8, 4) is 0 Å². The summed E-state index contributed by atoms with van der Waals surface area (Å²) in [6.45, 7) is 2.39. The molecule has 1 fully saturated rings. The summed E-state index contributed by atoms with van der Waals surface area (Å²) in [7, 11) is 1.43. The third-order valence-corrected chi connectivity index (χ3v) is 2.51. The summed E-state index contributed by atoms with van der Waals surface area (Å²) in [5.74, 6) is -0.947. The molecule has 2 amide bonds. The Labute approximate surface area is 99.7 Å². The van der Waals surface area contributed by atoms with Crippen molar-refractivity contribution >= 4 is 12.0 Å². The second-order valence-electron chi connectivity index (χ2n) is 3.74. The number of methoxy groups -OCH3 is 1. The minimum Gasteiger partial charge on any atom is -0.481 e. The van der Waals surface area contributed by atoms with E-state index in [0.717, 1.165) is 0 Å². The van der Waals surface area contributed by atoms with Gasteiger partial charge in [0.25, 0.3) is 0 Å². The number of carboxylic acid groups (broad SMARTS) is 1. The third kappa shape index (κ3) is 5.01. The summed E-state index contributed by atoms with van der Waals surface area (Å²) in [6, 6.07) is -0.208. The summed E-state index contributed by atoms with van der Waals surface area (Å²) in [5, 5.41) is 11.3. The summed E-state index contributed by atoms with van der Waals surface area (Å²) in [6.07, 6.45) is -0.627. The predicted molar refractivity (Wildman–Crippen MR) is 58.8 cm³/mol. The van der Waals surface area contributed by atoms with E-state index in [1.165, 1.54) is 7.11 Å². The summed E-state index contributed by atoms with van der Waals surface area (Å²) in [5.41, 5.74) is 0. The molecule has 1 saturated heterocycles. The smallest absolute Gasteiger partial charge is 0.317 e. The fraction of sp³-hybridized carbons (Fsp3) is 0.800. The Kier molecular flexibility index (Phi) is 5.71. The molecule has 0 spiro atoms. The van der Waals surface area contributed by atoms with E-state index in [2.05, 4.69) is 5.32 Å². The molecular formula is C10H18N2O5. The first-order valence-electron chi connectivity index (χ1n) is 5.48. The second-order valence-corrected chi connectivity index (χ2v) is 3.74. The minimum absolute atomic E-state index is 0.125. The van der Waals surface area contributed by atoms with Crippen LogP contribution in [0.25, 0.3) is 0 Å². The van der Waals surface area contributed by atoms with Crippen molar-refractivity contribution < 1.29 is 24.2 Å². The van der Waals surface area contributed by atoms with Crippen LogP contribution in [-0.2, 0) is 14.3 Å².